The molecule has 0 bridgehead atoms. The van der Waals surface area contributed by atoms with E-state index >= 15 is 0 Å². The Morgan fingerprint density at radius 3 is 2.21 bits per heavy atom. The van der Waals surface area contributed by atoms with Crippen LogP contribution in [0.5, 0.6) is 0 Å². The summed E-state index contributed by atoms with van der Waals surface area (Å²) in [5, 5.41) is 6.42. The van der Waals surface area contributed by atoms with Gasteiger partial charge in [0, 0.05) is 55.3 Å². The highest BCUT2D eigenvalue weighted by atomic mass is 32.2. The number of carbonyl (C=O) groups excluding carboxylic acids is 1. The van der Waals surface area contributed by atoms with E-state index in [1.165, 1.54) is 15.6 Å². The largest absolute Gasteiger partial charge is 0.336 e. The average Bonchev–Trinajstić information content (AvgIpc) is 3.36. The lowest BCUT2D eigenvalue weighted by Gasteiger charge is -2.33. The Morgan fingerprint density at radius 2 is 1.66 bits per heavy atom. The summed E-state index contributed by atoms with van der Waals surface area (Å²) in [4.78, 5) is 15.5. The molecule has 4 rings (SSSR count). The lowest BCUT2D eigenvalue weighted by Crippen LogP contribution is -2.50. The number of benzene rings is 1. The van der Waals surface area contributed by atoms with E-state index in [2.05, 4.69) is 5.10 Å². The highest BCUT2D eigenvalue weighted by molar-refractivity contribution is 7.91. The summed E-state index contributed by atoms with van der Waals surface area (Å²) in [7, 11) is -3.48. The molecular weight excluding hydrogens is 408 g/mol. The number of hydrogen-bond donors (Lipinski definition) is 0. The van der Waals surface area contributed by atoms with Crippen LogP contribution in [0.25, 0.3) is 0 Å². The third kappa shape index (κ3) is 4.08. The van der Waals surface area contributed by atoms with E-state index in [1.807, 2.05) is 49.2 Å². The Bertz CT molecular complexity index is 1040. The SMILES string of the molecule is CC1=NN(c2ccc(C(=O)N3CCN(S(=O)(=O)c4ccc(C)s4)CC3)cc2)CC1. The Labute approximate surface area is 175 Å². The maximum absolute atomic E-state index is 12.8. The summed E-state index contributed by atoms with van der Waals surface area (Å²) in [6.07, 6.45) is 0.957. The number of aryl methyl sites for hydroxylation is 1. The first-order valence-electron chi connectivity index (χ1n) is 9.62. The second kappa shape index (κ2) is 7.89. The number of hydrogen-bond acceptors (Lipinski definition) is 6. The number of thiophene rings is 1. The van der Waals surface area contributed by atoms with Crippen molar-refractivity contribution in [3.63, 3.8) is 0 Å². The van der Waals surface area contributed by atoms with Gasteiger partial charge in [-0.15, -0.1) is 11.3 Å². The molecule has 1 amide bonds. The summed E-state index contributed by atoms with van der Waals surface area (Å²) < 4.78 is 27.3. The number of hydrazone groups is 1. The maximum atomic E-state index is 12.8. The minimum absolute atomic E-state index is 0.0679. The first-order valence-corrected chi connectivity index (χ1v) is 11.9. The van der Waals surface area contributed by atoms with Crippen LogP contribution in [0.4, 0.5) is 5.69 Å². The number of amides is 1. The fraction of sp³-hybridized carbons (Fsp3) is 0.400. The molecule has 7 nitrogen and oxygen atoms in total. The molecule has 2 aliphatic heterocycles. The highest BCUT2D eigenvalue weighted by Gasteiger charge is 2.31. The summed E-state index contributed by atoms with van der Waals surface area (Å²) in [5.74, 6) is -0.0679. The third-order valence-corrected chi connectivity index (χ3v) is 8.59. The van der Waals surface area contributed by atoms with E-state index in [4.69, 9.17) is 0 Å². The van der Waals surface area contributed by atoms with Crippen LogP contribution in [0.3, 0.4) is 0 Å². The quantitative estimate of drug-likeness (QED) is 0.745. The Morgan fingerprint density at radius 1 is 0.966 bits per heavy atom. The van der Waals surface area contributed by atoms with Crippen molar-refractivity contribution in [2.75, 3.05) is 37.7 Å². The van der Waals surface area contributed by atoms with E-state index in [1.54, 1.807) is 11.0 Å². The van der Waals surface area contributed by atoms with Crippen molar-refractivity contribution >= 4 is 38.7 Å². The van der Waals surface area contributed by atoms with Crippen LogP contribution in [-0.2, 0) is 10.0 Å². The molecule has 9 heteroatoms. The van der Waals surface area contributed by atoms with Crippen LogP contribution in [0, 0.1) is 6.92 Å². The first kappa shape index (κ1) is 20.1. The molecule has 3 heterocycles. The van der Waals surface area contributed by atoms with Crippen molar-refractivity contribution < 1.29 is 13.2 Å². The predicted octanol–water partition coefficient (Wildman–Crippen LogP) is 2.79. The summed E-state index contributed by atoms with van der Waals surface area (Å²) in [6.45, 7) is 6.16. The summed E-state index contributed by atoms with van der Waals surface area (Å²) >= 11 is 1.28. The van der Waals surface area contributed by atoms with E-state index < -0.39 is 10.0 Å². The molecule has 1 aromatic carbocycles. The van der Waals surface area contributed by atoms with Gasteiger partial charge in [-0.1, -0.05) is 0 Å². The molecule has 1 aromatic heterocycles. The maximum Gasteiger partial charge on any atom is 0.253 e. The molecule has 0 atom stereocenters. The van der Waals surface area contributed by atoms with Gasteiger partial charge in [-0.3, -0.25) is 9.80 Å². The number of rotatable bonds is 4. The van der Waals surface area contributed by atoms with Crippen LogP contribution in [0.2, 0.25) is 0 Å². The smallest absolute Gasteiger partial charge is 0.253 e. The normalized spacial score (nSPS) is 18.2. The molecule has 154 valence electrons. The van der Waals surface area contributed by atoms with Crippen molar-refractivity contribution in [2.45, 2.75) is 24.5 Å². The number of sulfonamides is 1. The molecule has 2 aliphatic rings. The van der Waals surface area contributed by atoms with Gasteiger partial charge in [-0.25, -0.2) is 8.42 Å². The van der Waals surface area contributed by atoms with E-state index in [0.29, 0.717) is 36.0 Å². The van der Waals surface area contributed by atoms with Crippen LogP contribution < -0.4 is 5.01 Å². The Hall–Kier alpha value is -2.23. The minimum Gasteiger partial charge on any atom is -0.336 e. The van der Waals surface area contributed by atoms with E-state index in [0.717, 1.165) is 29.2 Å². The van der Waals surface area contributed by atoms with Crippen LogP contribution >= 0.6 is 11.3 Å². The van der Waals surface area contributed by atoms with Crippen molar-refractivity contribution in [3.8, 4) is 0 Å². The fourth-order valence-electron chi connectivity index (χ4n) is 3.53. The van der Waals surface area contributed by atoms with Crippen molar-refractivity contribution in [1.82, 2.24) is 9.21 Å². The zero-order valence-corrected chi connectivity index (χ0v) is 18.2. The molecule has 2 aromatic rings. The summed E-state index contributed by atoms with van der Waals surface area (Å²) in [5.41, 5.74) is 2.69. The average molecular weight is 433 g/mol. The second-order valence-electron chi connectivity index (χ2n) is 7.32. The van der Waals surface area contributed by atoms with Crippen LogP contribution in [0.15, 0.2) is 45.7 Å². The monoisotopic (exact) mass is 432 g/mol. The van der Waals surface area contributed by atoms with Gasteiger partial charge < -0.3 is 4.90 Å². The van der Waals surface area contributed by atoms with Crippen molar-refractivity contribution in [1.29, 1.82) is 0 Å². The molecule has 0 saturated carbocycles. The van der Waals surface area contributed by atoms with Crippen molar-refractivity contribution in [2.24, 2.45) is 5.10 Å². The van der Waals surface area contributed by atoms with Crippen molar-refractivity contribution in [3.05, 3.63) is 46.8 Å². The van der Waals surface area contributed by atoms with E-state index in [-0.39, 0.29) is 5.91 Å². The van der Waals surface area contributed by atoms with Gasteiger partial charge >= 0.3 is 0 Å². The molecule has 29 heavy (non-hydrogen) atoms. The first-order chi connectivity index (χ1) is 13.8. The predicted molar refractivity (Wildman–Crippen MR) is 115 cm³/mol. The van der Waals surface area contributed by atoms with Gasteiger partial charge in [0.05, 0.1) is 5.69 Å². The number of carbonyl (C=O) groups is 1. The number of nitrogens with zero attached hydrogens (tertiary/aromatic N) is 4. The standard InChI is InChI=1S/C20H24N4O3S2/c1-15-9-10-24(21-15)18-6-4-17(5-7-18)20(25)22-11-13-23(14-12-22)29(26,27)19-8-3-16(2)28-19/h3-8H,9-14H2,1-2H3. The van der Waals surface area contributed by atoms with E-state index in [9.17, 15) is 13.2 Å². The van der Waals surface area contributed by atoms with Gasteiger partial charge in [-0.2, -0.15) is 9.41 Å². The summed E-state index contributed by atoms with van der Waals surface area (Å²) in [6, 6.07) is 10.9. The lowest BCUT2D eigenvalue weighted by molar-refractivity contribution is 0.0698. The third-order valence-electron chi connectivity index (χ3n) is 5.22. The molecule has 0 N–H and O–H groups in total. The minimum atomic E-state index is -3.48. The van der Waals surface area contributed by atoms with Crippen LogP contribution in [0.1, 0.15) is 28.6 Å². The second-order valence-corrected chi connectivity index (χ2v) is 10.8. The zero-order chi connectivity index (χ0) is 20.6. The van der Waals surface area contributed by atoms with Gasteiger partial charge in [0.2, 0.25) is 0 Å². The molecule has 1 fully saturated rings. The van der Waals surface area contributed by atoms with Gasteiger partial charge in [-0.05, 0) is 50.2 Å². The highest BCUT2D eigenvalue weighted by Crippen LogP contribution is 2.26. The molecule has 0 aliphatic carbocycles. The molecule has 1 saturated heterocycles. The topological polar surface area (TPSA) is 73.3 Å². The van der Waals surface area contributed by atoms with Gasteiger partial charge in [0.1, 0.15) is 4.21 Å². The zero-order valence-electron chi connectivity index (χ0n) is 16.5. The van der Waals surface area contributed by atoms with Crippen LogP contribution in [-0.4, -0.2) is 62.0 Å². The molecule has 0 radical (unpaired) electrons. The lowest BCUT2D eigenvalue weighted by atomic mass is 10.1. The van der Waals surface area contributed by atoms with Gasteiger partial charge in [0.25, 0.3) is 15.9 Å². The fourth-order valence-corrected chi connectivity index (χ4v) is 6.39. The van der Waals surface area contributed by atoms with Gasteiger partial charge in [0.15, 0.2) is 0 Å². The molecule has 0 spiro atoms. The Kier molecular flexibility index (Phi) is 5.46. The molecule has 0 unspecified atom stereocenters. The number of anilines is 1. The number of piperazine rings is 1. The molecular formula is C20H24N4O3S2. The Balaban J connectivity index is 1.39.